The van der Waals surface area contributed by atoms with Crippen LogP contribution in [-0.2, 0) is 0 Å². The molecule has 0 N–H and O–H groups in total. The third kappa shape index (κ3) is 1.34. The molecule has 2 aromatic carbocycles. The fourth-order valence-corrected chi connectivity index (χ4v) is 3.07. The summed E-state index contributed by atoms with van der Waals surface area (Å²) >= 11 is 0. The Kier molecular flexibility index (Phi) is 2.07. The van der Waals surface area contributed by atoms with Crippen LogP contribution in [0.3, 0.4) is 0 Å². The Balaban J connectivity index is 1.95. The lowest BCUT2D eigenvalue weighted by atomic mass is 9.94. The summed E-state index contributed by atoms with van der Waals surface area (Å²) in [5.41, 5.74) is 8.00. The summed E-state index contributed by atoms with van der Waals surface area (Å²) in [6.07, 6.45) is 3.60. The first-order valence-electron chi connectivity index (χ1n) is 6.56. The zero-order valence-electron chi connectivity index (χ0n) is 10.2. The smallest absolute Gasteiger partial charge is 0.0715 e. The molecular formula is C17H14N. The number of hydrogen-bond donors (Lipinski definition) is 0. The van der Waals surface area contributed by atoms with Crippen LogP contribution in [0.1, 0.15) is 24.8 Å². The van der Waals surface area contributed by atoms with Crippen molar-refractivity contribution < 1.29 is 0 Å². The average molecular weight is 232 g/mol. The molecule has 0 saturated heterocycles. The molecule has 1 heteroatoms. The molecule has 87 valence electrons. The van der Waals surface area contributed by atoms with E-state index in [2.05, 4.69) is 48.5 Å². The van der Waals surface area contributed by atoms with Crippen molar-refractivity contribution in [2.75, 3.05) is 0 Å². The van der Waals surface area contributed by atoms with Gasteiger partial charge in [-0.25, -0.2) is 0 Å². The van der Waals surface area contributed by atoms with Crippen LogP contribution < -0.4 is 5.32 Å². The second kappa shape index (κ2) is 3.74. The van der Waals surface area contributed by atoms with E-state index in [-0.39, 0.29) is 0 Å². The van der Waals surface area contributed by atoms with E-state index in [0.29, 0.717) is 0 Å². The van der Waals surface area contributed by atoms with E-state index in [1.165, 1.54) is 46.5 Å². The molecule has 18 heavy (non-hydrogen) atoms. The van der Waals surface area contributed by atoms with Gasteiger partial charge in [-0.3, -0.25) is 5.32 Å². The summed E-state index contributed by atoms with van der Waals surface area (Å²) < 4.78 is 0. The number of allylic oxidation sites excluding steroid dienone is 2. The number of benzene rings is 2. The molecule has 0 amide bonds. The van der Waals surface area contributed by atoms with Gasteiger partial charge < -0.3 is 0 Å². The van der Waals surface area contributed by atoms with E-state index >= 15 is 0 Å². The molecule has 1 nitrogen and oxygen atoms in total. The molecule has 0 saturated carbocycles. The number of rotatable bonds is 1. The quantitative estimate of drug-likeness (QED) is 0.687. The van der Waals surface area contributed by atoms with E-state index in [0.717, 1.165) is 6.42 Å². The average Bonchev–Trinajstić information content (AvgIpc) is 2.99. The van der Waals surface area contributed by atoms with Crippen LogP contribution in [0.15, 0.2) is 54.2 Å². The second-order valence-electron chi connectivity index (χ2n) is 4.96. The summed E-state index contributed by atoms with van der Waals surface area (Å²) in [7, 11) is 0. The molecule has 2 aliphatic rings. The molecule has 1 aliphatic heterocycles. The van der Waals surface area contributed by atoms with E-state index < -0.39 is 0 Å². The third-order valence-electron chi connectivity index (χ3n) is 3.87. The van der Waals surface area contributed by atoms with E-state index in [1.807, 2.05) is 0 Å². The van der Waals surface area contributed by atoms with Crippen LogP contribution in [0, 0.1) is 0 Å². The summed E-state index contributed by atoms with van der Waals surface area (Å²) in [5.74, 6) is 0. The lowest BCUT2D eigenvalue weighted by molar-refractivity contribution is 0.859. The van der Waals surface area contributed by atoms with Crippen LogP contribution in [-0.4, -0.2) is 0 Å². The number of fused-ring (bicyclic) bond motifs is 2. The van der Waals surface area contributed by atoms with Crippen molar-refractivity contribution >= 4 is 11.3 Å². The fraction of sp³-hybridized carbons (Fsp3) is 0.176. The van der Waals surface area contributed by atoms with Gasteiger partial charge in [0.1, 0.15) is 0 Å². The van der Waals surface area contributed by atoms with Gasteiger partial charge in [0.15, 0.2) is 0 Å². The molecule has 0 aromatic heterocycles. The first kappa shape index (κ1) is 9.95. The highest BCUT2D eigenvalue weighted by molar-refractivity contribution is 5.92. The molecule has 0 atom stereocenters. The maximum Gasteiger partial charge on any atom is 0.0715 e. The van der Waals surface area contributed by atoms with Crippen LogP contribution in [0.5, 0.6) is 0 Å². The summed E-state index contributed by atoms with van der Waals surface area (Å²) in [4.78, 5) is 0. The van der Waals surface area contributed by atoms with Gasteiger partial charge in [0.05, 0.1) is 5.69 Å². The van der Waals surface area contributed by atoms with Crippen LogP contribution in [0.4, 0.5) is 5.69 Å². The Morgan fingerprint density at radius 1 is 0.833 bits per heavy atom. The van der Waals surface area contributed by atoms with Crippen molar-refractivity contribution in [3.05, 3.63) is 59.8 Å². The highest BCUT2D eigenvalue weighted by Crippen LogP contribution is 2.47. The predicted octanol–water partition coefficient (Wildman–Crippen LogP) is 4.50. The van der Waals surface area contributed by atoms with Gasteiger partial charge in [0.25, 0.3) is 0 Å². The zero-order chi connectivity index (χ0) is 11.9. The Morgan fingerprint density at radius 2 is 1.72 bits per heavy atom. The van der Waals surface area contributed by atoms with Gasteiger partial charge in [-0.2, -0.15) is 0 Å². The first-order valence-corrected chi connectivity index (χ1v) is 6.56. The Bertz CT molecular complexity index is 638. The highest BCUT2D eigenvalue weighted by atomic mass is 14.9. The molecule has 1 heterocycles. The molecule has 0 bridgehead atoms. The minimum Gasteiger partial charge on any atom is -0.252 e. The summed E-state index contributed by atoms with van der Waals surface area (Å²) in [5, 5.41) is 4.78. The molecule has 1 radical (unpaired) electrons. The van der Waals surface area contributed by atoms with E-state index in [9.17, 15) is 0 Å². The summed E-state index contributed by atoms with van der Waals surface area (Å²) in [6.45, 7) is 0. The van der Waals surface area contributed by atoms with Gasteiger partial charge >= 0.3 is 0 Å². The molecule has 0 fully saturated rings. The van der Waals surface area contributed by atoms with Gasteiger partial charge in [-0.15, -0.1) is 0 Å². The normalized spacial score (nSPS) is 16.4. The lowest BCUT2D eigenvalue weighted by Gasteiger charge is -2.10. The lowest BCUT2D eigenvalue weighted by Crippen LogP contribution is -1.91. The van der Waals surface area contributed by atoms with Crippen molar-refractivity contribution in [1.29, 1.82) is 0 Å². The van der Waals surface area contributed by atoms with Crippen molar-refractivity contribution in [2.45, 2.75) is 19.3 Å². The molecule has 0 spiro atoms. The predicted molar refractivity (Wildman–Crippen MR) is 74.4 cm³/mol. The molecule has 2 aromatic rings. The number of hydrogen-bond acceptors (Lipinski definition) is 0. The standard InChI is InChI=1S/C17H14N/c1-2-6-12(7-3-1)13-8-4-11-16-17(13)14-9-5-10-15(14)18-16/h1-4,6-8,11H,5,9-10H2. The van der Waals surface area contributed by atoms with Gasteiger partial charge in [0.2, 0.25) is 0 Å². The Morgan fingerprint density at radius 3 is 2.61 bits per heavy atom. The van der Waals surface area contributed by atoms with Crippen LogP contribution >= 0.6 is 0 Å². The van der Waals surface area contributed by atoms with Crippen LogP contribution in [0.25, 0.3) is 16.7 Å². The monoisotopic (exact) mass is 232 g/mol. The maximum absolute atomic E-state index is 4.78. The Labute approximate surface area is 107 Å². The minimum absolute atomic E-state index is 1.15. The molecular weight excluding hydrogens is 218 g/mol. The number of nitrogens with zero attached hydrogens (tertiary/aromatic N) is 1. The van der Waals surface area contributed by atoms with Crippen LogP contribution in [0.2, 0.25) is 0 Å². The summed E-state index contributed by atoms with van der Waals surface area (Å²) in [6, 6.07) is 17.1. The maximum atomic E-state index is 4.78. The topological polar surface area (TPSA) is 14.1 Å². The zero-order valence-corrected chi connectivity index (χ0v) is 10.2. The van der Waals surface area contributed by atoms with Gasteiger partial charge in [0, 0.05) is 11.3 Å². The third-order valence-corrected chi connectivity index (χ3v) is 3.87. The second-order valence-corrected chi connectivity index (χ2v) is 4.96. The van der Waals surface area contributed by atoms with Crippen molar-refractivity contribution in [3.63, 3.8) is 0 Å². The van der Waals surface area contributed by atoms with Crippen molar-refractivity contribution in [1.82, 2.24) is 5.32 Å². The van der Waals surface area contributed by atoms with E-state index in [4.69, 9.17) is 5.32 Å². The minimum atomic E-state index is 1.15. The fourth-order valence-electron chi connectivity index (χ4n) is 3.07. The van der Waals surface area contributed by atoms with E-state index in [1.54, 1.807) is 0 Å². The first-order chi connectivity index (χ1) is 8.93. The van der Waals surface area contributed by atoms with Gasteiger partial charge in [-0.1, -0.05) is 42.5 Å². The molecule has 1 aliphatic carbocycles. The molecule has 4 rings (SSSR count). The SMILES string of the molecule is c1ccc(-c2cccc3c2C2=C(CCC2)[N]3)cc1. The van der Waals surface area contributed by atoms with Crippen molar-refractivity contribution in [2.24, 2.45) is 0 Å². The van der Waals surface area contributed by atoms with Gasteiger partial charge in [-0.05, 0) is 42.0 Å². The largest absolute Gasteiger partial charge is 0.252 e. The van der Waals surface area contributed by atoms with Crippen molar-refractivity contribution in [3.8, 4) is 11.1 Å². The highest BCUT2D eigenvalue weighted by Gasteiger charge is 2.28. The molecule has 0 unspecified atom stereocenters. The Hall–Kier alpha value is -2.02.